The van der Waals surface area contributed by atoms with Crippen LogP contribution in [0.5, 0.6) is 5.75 Å². The number of carbonyl (C=O) groups is 2. The van der Waals surface area contributed by atoms with E-state index in [9.17, 15) is 14.0 Å². The van der Waals surface area contributed by atoms with E-state index in [4.69, 9.17) is 4.74 Å². The molecule has 4 nitrogen and oxygen atoms in total. The van der Waals surface area contributed by atoms with E-state index < -0.39 is 0 Å². The quantitative estimate of drug-likeness (QED) is 0.457. The molecule has 0 saturated heterocycles. The van der Waals surface area contributed by atoms with Gasteiger partial charge in [0.25, 0.3) is 0 Å². The number of aryl methyl sites for hydroxylation is 1. The zero-order valence-corrected chi connectivity index (χ0v) is 19.1. The number of anilines is 1. The van der Waals surface area contributed by atoms with Crippen LogP contribution in [0.15, 0.2) is 84.1 Å². The molecule has 1 amide bonds. The normalized spacial score (nSPS) is 18.2. The molecule has 2 aliphatic rings. The maximum absolute atomic E-state index is 13.9. The molecule has 3 aromatic carbocycles. The molecule has 5 rings (SSSR count). The third kappa shape index (κ3) is 4.14. The van der Waals surface area contributed by atoms with Gasteiger partial charge in [-0.05, 0) is 55.2 Å². The summed E-state index contributed by atoms with van der Waals surface area (Å²) in [6.07, 6.45) is 2.22. The minimum Gasteiger partial charge on any atom is -0.489 e. The number of ether oxygens (including phenoxy) is 1. The Labute approximate surface area is 198 Å². The first kappa shape index (κ1) is 22.1. The predicted molar refractivity (Wildman–Crippen MR) is 129 cm³/mol. The number of allylic oxidation sites excluding steroid dienone is 2. The number of hydrogen-bond donors (Lipinski definition) is 0. The smallest absolute Gasteiger partial charge is 0.232 e. The highest BCUT2D eigenvalue weighted by molar-refractivity contribution is 6.07. The lowest BCUT2D eigenvalue weighted by atomic mass is 9.77. The average Bonchev–Trinajstić information content (AvgIpc) is 2.84. The fraction of sp³-hybridized carbons (Fsp3) is 0.241. The number of rotatable bonds is 5. The molecule has 172 valence electrons. The Morgan fingerprint density at radius 3 is 2.44 bits per heavy atom. The molecular formula is C29H26FNO3. The van der Waals surface area contributed by atoms with Crippen molar-refractivity contribution in [1.29, 1.82) is 0 Å². The Morgan fingerprint density at radius 1 is 0.941 bits per heavy atom. The molecule has 1 heterocycles. The molecular weight excluding hydrogens is 429 g/mol. The van der Waals surface area contributed by atoms with Crippen LogP contribution in [0.2, 0.25) is 0 Å². The summed E-state index contributed by atoms with van der Waals surface area (Å²) >= 11 is 0. The van der Waals surface area contributed by atoms with E-state index in [1.54, 1.807) is 23.1 Å². The van der Waals surface area contributed by atoms with E-state index >= 15 is 0 Å². The summed E-state index contributed by atoms with van der Waals surface area (Å²) in [5.41, 5.74) is 4.86. The second-order valence-corrected chi connectivity index (χ2v) is 8.86. The van der Waals surface area contributed by atoms with Crippen LogP contribution < -0.4 is 9.64 Å². The maximum atomic E-state index is 13.9. The summed E-state index contributed by atoms with van der Waals surface area (Å²) in [4.78, 5) is 28.2. The van der Waals surface area contributed by atoms with E-state index in [0.29, 0.717) is 24.2 Å². The van der Waals surface area contributed by atoms with Crippen molar-refractivity contribution in [2.75, 3.05) is 4.90 Å². The molecule has 0 saturated carbocycles. The zero-order valence-electron chi connectivity index (χ0n) is 19.1. The number of halogens is 1. The highest BCUT2D eigenvalue weighted by Crippen LogP contribution is 2.44. The first-order valence-electron chi connectivity index (χ1n) is 11.6. The van der Waals surface area contributed by atoms with Crippen LogP contribution in [0.3, 0.4) is 0 Å². The highest BCUT2D eigenvalue weighted by atomic mass is 19.1. The van der Waals surface area contributed by atoms with E-state index in [2.05, 4.69) is 0 Å². The largest absolute Gasteiger partial charge is 0.489 e. The summed E-state index contributed by atoms with van der Waals surface area (Å²) < 4.78 is 19.6. The Balaban J connectivity index is 1.44. The molecule has 0 fully saturated rings. The summed E-state index contributed by atoms with van der Waals surface area (Å²) in [7, 11) is 0. The van der Waals surface area contributed by atoms with Crippen molar-refractivity contribution in [1.82, 2.24) is 0 Å². The van der Waals surface area contributed by atoms with E-state index in [-0.39, 0.29) is 36.5 Å². The number of ketones is 1. The summed E-state index contributed by atoms with van der Waals surface area (Å²) in [6, 6.07) is 21.8. The van der Waals surface area contributed by atoms with E-state index in [1.807, 2.05) is 55.5 Å². The second kappa shape index (κ2) is 9.26. The minimum atomic E-state index is -0.298. The van der Waals surface area contributed by atoms with Crippen molar-refractivity contribution < 1.29 is 18.7 Å². The maximum Gasteiger partial charge on any atom is 0.232 e. The van der Waals surface area contributed by atoms with E-state index in [1.165, 1.54) is 6.07 Å². The Hall–Kier alpha value is -3.73. The van der Waals surface area contributed by atoms with Gasteiger partial charge >= 0.3 is 0 Å². The SMILES string of the molecule is Cc1ccccc1N1C(=O)CC(c2ccc(OCc3ccccc3F)cc2)C2=C1CCCC2=O. The van der Waals surface area contributed by atoms with Crippen LogP contribution in [0.1, 0.15) is 48.3 Å². The molecule has 1 aliphatic heterocycles. The van der Waals surface area contributed by atoms with Gasteiger partial charge in [-0.15, -0.1) is 0 Å². The van der Waals surface area contributed by atoms with Crippen molar-refractivity contribution in [2.45, 2.75) is 45.1 Å². The van der Waals surface area contributed by atoms with Gasteiger partial charge in [0.05, 0.1) is 5.69 Å². The number of para-hydroxylation sites is 1. The molecule has 0 spiro atoms. The molecule has 0 N–H and O–H groups in total. The molecule has 0 aromatic heterocycles. The van der Waals surface area contributed by atoms with Gasteiger partial charge in [-0.25, -0.2) is 4.39 Å². The van der Waals surface area contributed by atoms with Gasteiger partial charge in [-0.2, -0.15) is 0 Å². The molecule has 34 heavy (non-hydrogen) atoms. The van der Waals surface area contributed by atoms with Crippen molar-refractivity contribution >= 4 is 17.4 Å². The number of Topliss-reactive ketones (excluding diaryl/α,β-unsaturated/α-hetero) is 1. The topological polar surface area (TPSA) is 46.6 Å². The van der Waals surface area contributed by atoms with Crippen molar-refractivity contribution in [3.63, 3.8) is 0 Å². The Morgan fingerprint density at radius 2 is 1.68 bits per heavy atom. The Bertz CT molecular complexity index is 1280. The van der Waals surface area contributed by atoms with Crippen LogP contribution in [-0.2, 0) is 16.2 Å². The summed E-state index contributed by atoms with van der Waals surface area (Å²) in [5.74, 6) is 0.175. The fourth-order valence-electron chi connectivity index (χ4n) is 4.94. The van der Waals surface area contributed by atoms with Gasteiger partial charge in [0.15, 0.2) is 5.78 Å². The number of hydrogen-bond acceptors (Lipinski definition) is 3. The summed E-state index contributed by atoms with van der Waals surface area (Å²) in [5, 5.41) is 0. The number of benzene rings is 3. The molecule has 5 heteroatoms. The van der Waals surface area contributed by atoms with Gasteiger partial charge in [0.1, 0.15) is 18.2 Å². The number of amides is 1. The van der Waals surface area contributed by atoms with Crippen molar-refractivity contribution in [2.24, 2.45) is 0 Å². The third-order valence-electron chi connectivity index (χ3n) is 6.67. The Kier molecular flexibility index (Phi) is 6.01. The van der Waals surface area contributed by atoms with Crippen molar-refractivity contribution in [3.8, 4) is 5.75 Å². The average molecular weight is 456 g/mol. The zero-order chi connectivity index (χ0) is 23.7. The van der Waals surface area contributed by atoms with Crippen LogP contribution in [0.25, 0.3) is 0 Å². The molecule has 1 atom stereocenters. The van der Waals surface area contributed by atoms with Gasteiger partial charge in [-0.1, -0.05) is 48.5 Å². The lowest BCUT2D eigenvalue weighted by Crippen LogP contribution is -2.40. The molecule has 3 aromatic rings. The lowest BCUT2D eigenvalue weighted by Gasteiger charge is -2.39. The second-order valence-electron chi connectivity index (χ2n) is 8.86. The molecule has 1 unspecified atom stereocenters. The van der Waals surface area contributed by atoms with Gasteiger partial charge in [0.2, 0.25) is 5.91 Å². The van der Waals surface area contributed by atoms with Gasteiger partial charge < -0.3 is 4.74 Å². The molecule has 0 radical (unpaired) electrons. The first-order chi connectivity index (χ1) is 16.5. The number of carbonyl (C=O) groups excluding carboxylic acids is 2. The number of nitrogens with zero attached hydrogens (tertiary/aromatic N) is 1. The predicted octanol–water partition coefficient (Wildman–Crippen LogP) is 6.24. The van der Waals surface area contributed by atoms with Crippen molar-refractivity contribution in [3.05, 3.63) is 107 Å². The molecule has 1 aliphatic carbocycles. The fourth-order valence-corrected chi connectivity index (χ4v) is 4.94. The van der Waals surface area contributed by atoms with Crippen LogP contribution >= 0.6 is 0 Å². The third-order valence-corrected chi connectivity index (χ3v) is 6.67. The summed E-state index contributed by atoms with van der Waals surface area (Å²) in [6.45, 7) is 2.12. The first-order valence-corrected chi connectivity index (χ1v) is 11.6. The lowest BCUT2D eigenvalue weighted by molar-refractivity contribution is -0.119. The van der Waals surface area contributed by atoms with Crippen LogP contribution in [-0.4, -0.2) is 11.7 Å². The minimum absolute atomic E-state index is 0.00706. The van der Waals surface area contributed by atoms with Gasteiger partial charge in [-0.3, -0.25) is 14.5 Å². The van der Waals surface area contributed by atoms with Crippen LogP contribution in [0.4, 0.5) is 10.1 Å². The van der Waals surface area contributed by atoms with Crippen LogP contribution in [0, 0.1) is 12.7 Å². The highest BCUT2D eigenvalue weighted by Gasteiger charge is 2.40. The molecule has 0 bridgehead atoms. The van der Waals surface area contributed by atoms with Gasteiger partial charge in [0, 0.05) is 35.6 Å². The van der Waals surface area contributed by atoms with E-state index in [0.717, 1.165) is 34.5 Å². The standard InChI is InChI=1S/C29H26FNO3/c1-19-7-2-5-10-25(19)31-26-11-6-12-27(32)29(26)23(17-28(31)33)20-13-15-22(16-14-20)34-18-21-8-3-4-9-24(21)30/h2-5,7-10,13-16,23H,6,11-12,17-18H2,1H3. The monoisotopic (exact) mass is 455 g/mol.